The number of halogens is 1. The molecule has 3 aromatic rings. The van der Waals surface area contributed by atoms with Gasteiger partial charge in [0.05, 0.1) is 12.3 Å². The summed E-state index contributed by atoms with van der Waals surface area (Å²) < 4.78 is 19.4. The minimum absolute atomic E-state index is 0.0198. The molecule has 1 saturated carbocycles. The van der Waals surface area contributed by atoms with Gasteiger partial charge in [0.15, 0.2) is 11.6 Å². The highest BCUT2D eigenvalue weighted by molar-refractivity contribution is 6.30. The fourth-order valence-electron chi connectivity index (χ4n) is 4.85. The first-order valence-electron chi connectivity index (χ1n) is 11.7. The molecule has 9 heteroatoms. The molecule has 0 radical (unpaired) electrons. The number of rotatable bonds is 6. The lowest BCUT2D eigenvalue weighted by Crippen LogP contribution is -2.32. The Balaban J connectivity index is 1.16. The predicted molar refractivity (Wildman–Crippen MR) is 123 cm³/mol. The van der Waals surface area contributed by atoms with E-state index in [1.165, 1.54) is 0 Å². The molecular weight excluding hydrogens is 442 g/mol. The van der Waals surface area contributed by atoms with Crippen molar-refractivity contribution in [1.82, 2.24) is 19.9 Å². The summed E-state index contributed by atoms with van der Waals surface area (Å²) in [5.74, 6) is 4.17. The molecular formula is C24H30ClN5O3. The van der Waals surface area contributed by atoms with E-state index in [1.807, 2.05) is 25.2 Å². The number of ether oxygens (including phenoxy) is 2. The van der Waals surface area contributed by atoms with Crippen molar-refractivity contribution in [2.45, 2.75) is 69.1 Å². The van der Waals surface area contributed by atoms with Gasteiger partial charge in [-0.15, -0.1) is 10.2 Å². The van der Waals surface area contributed by atoms with E-state index in [0.29, 0.717) is 30.1 Å². The second-order valence-electron chi connectivity index (χ2n) is 9.14. The lowest BCUT2D eigenvalue weighted by molar-refractivity contribution is -0.0111. The fraction of sp³-hybridized carbons (Fsp3) is 0.542. The van der Waals surface area contributed by atoms with Crippen molar-refractivity contribution in [2.75, 3.05) is 6.61 Å². The maximum atomic E-state index is 6.03. The summed E-state index contributed by atoms with van der Waals surface area (Å²) in [6, 6.07) is 9.58. The molecule has 0 spiro atoms. The summed E-state index contributed by atoms with van der Waals surface area (Å²) in [5, 5.41) is 13.9. The molecule has 2 fully saturated rings. The maximum absolute atomic E-state index is 6.03. The number of aromatic nitrogens is 4. The van der Waals surface area contributed by atoms with Gasteiger partial charge < -0.3 is 24.3 Å². The first-order valence-corrected chi connectivity index (χ1v) is 12.0. The van der Waals surface area contributed by atoms with Crippen molar-refractivity contribution in [3.63, 3.8) is 0 Å². The molecule has 0 amide bonds. The Morgan fingerprint density at radius 1 is 1.09 bits per heavy atom. The number of hydrogen-bond donors (Lipinski definition) is 1. The smallest absolute Gasteiger partial charge is 0.170 e. The highest BCUT2D eigenvalue weighted by Gasteiger charge is 2.30. The number of nitrogens with two attached hydrogens (primary N) is 1. The normalized spacial score (nSPS) is 25.8. The first-order chi connectivity index (χ1) is 16.1. The van der Waals surface area contributed by atoms with E-state index in [1.54, 1.807) is 6.07 Å². The molecule has 8 nitrogen and oxygen atoms in total. The zero-order chi connectivity index (χ0) is 22.8. The summed E-state index contributed by atoms with van der Waals surface area (Å²) in [7, 11) is 2.01. The van der Waals surface area contributed by atoms with Crippen molar-refractivity contribution >= 4 is 11.6 Å². The second kappa shape index (κ2) is 9.83. The van der Waals surface area contributed by atoms with Gasteiger partial charge in [-0.1, -0.05) is 22.8 Å². The molecule has 2 atom stereocenters. The van der Waals surface area contributed by atoms with Crippen LogP contribution in [0.1, 0.15) is 79.6 Å². The summed E-state index contributed by atoms with van der Waals surface area (Å²) in [6.45, 7) is 0.935. The monoisotopic (exact) mass is 471 g/mol. The Morgan fingerprint density at radius 3 is 2.67 bits per heavy atom. The molecule has 1 aliphatic heterocycles. The molecule has 1 aliphatic carbocycles. The van der Waals surface area contributed by atoms with Crippen LogP contribution in [0.2, 0.25) is 5.02 Å². The summed E-state index contributed by atoms with van der Waals surface area (Å²) in [6.07, 6.45) is 6.01. The zero-order valence-electron chi connectivity index (χ0n) is 18.8. The maximum Gasteiger partial charge on any atom is 0.170 e. The van der Waals surface area contributed by atoms with Gasteiger partial charge in [-0.05, 0) is 56.7 Å². The summed E-state index contributed by atoms with van der Waals surface area (Å²) in [5.41, 5.74) is 6.96. The minimum Gasteiger partial charge on any atom is -0.486 e. The topological polar surface area (TPSA) is 101 Å². The van der Waals surface area contributed by atoms with Gasteiger partial charge in [-0.25, -0.2) is 0 Å². The molecule has 5 rings (SSSR count). The molecule has 0 unspecified atom stereocenters. The molecule has 2 aliphatic rings. The molecule has 176 valence electrons. The Labute approximate surface area is 198 Å². The predicted octanol–water partition coefficient (Wildman–Crippen LogP) is 4.66. The molecule has 3 heterocycles. The fourth-order valence-corrected chi connectivity index (χ4v) is 5.03. The van der Waals surface area contributed by atoms with Gasteiger partial charge in [0.25, 0.3) is 0 Å². The van der Waals surface area contributed by atoms with Gasteiger partial charge in [-0.3, -0.25) is 0 Å². The standard InChI is InChI=1S/C24H30ClN5O3/c1-30-23(14-31-19-4-2-3-17(25)11-19)27-28-24(30)16-7-5-15(6-8-16)20-12-22(33-29-20)21-10-9-18(26)13-32-21/h2-4,11-12,15-16,18,21H,5-10,13-14,26H2,1H3/t15-,16-,18-,21+/m1/s1. The Hall–Kier alpha value is -2.42. The van der Waals surface area contributed by atoms with Gasteiger partial charge in [0, 0.05) is 36.0 Å². The van der Waals surface area contributed by atoms with Crippen LogP contribution in [0.3, 0.4) is 0 Å². The zero-order valence-corrected chi connectivity index (χ0v) is 19.6. The van der Waals surface area contributed by atoms with Crippen LogP contribution in [0.4, 0.5) is 0 Å². The van der Waals surface area contributed by atoms with Gasteiger partial charge in [0.1, 0.15) is 24.3 Å². The molecule has 1 saturated heterocycles. The van der Waals surface area contributed by atoms with Crippen LogP contribution in [-0.4, -0.2) is 32.6 Å². The first kappa shape index (κ1) is 22.4. The average molecular weight is 472 g/mol. The van der Waals surface area contributed by atoms with E-state index in [9.17, 15) is 0 Å². The van der Waals surface area contributed by atoms with E-state index in [0.717, 1.165) is 67.4 Å². The van der Waals surface area contributed by atoms with E-state index < -0.39 is 0 Å². The number of hydrogen-bond acceptors (Lipinski definition) is 7. The summed E-state index contributed by atoms with van der Waals surface area (Å²) >= 11 is 6.03. The molecule has 2 N–H and O–H groups in total. The van der Waals surface area contributed by atoms with Gasteiger partial charge in [0.2, 0.25) is 0 Å². The lowest BCUT2D eigenvalue weighted by atomic mass is 9.80. The number of benzene rings is 1. The van der Waals surface area contributed by atoms with Gasteiger partial charge in [-0.2, -0.15) is 0 Å². The molecule has 1 aromatic carbocycles. The van der Waals surface area contributed by atoms with Crippen LogP contribution in [0.15, 0.2) is 34.9 Å². The van der Waals surface area contributed by atoms with Crippen molar-refractivity contribution in [3.8, 4) is 5.75 Å². The number of nitrogens with zero attached hydrogens (tertiary/aromatic N) is 4. The highest BCUT2D eigenvalue weighted by atomic mass is 35.5. The Morgan fingerprint density at radius 2 is 1.91 bits per heavy atom. The Kier molecular flexibility index (Phi) is 6.66. The third kappa shape index (κ3) is 5.08. The van der Waals surface area contributed by atoms with Crippen molar-refractivity contribution in [2.24, 2.45) is 12.8 Å². The third-order valence-electron chi connectivity index (χ3n) is 6.85. The largest absolute Gasteiger partial charge is 0.486 e. The molecule has 0 bridgehead atoms. The van der Waals surface area contributed by atoms with Crippen molar-refractivity contribution < 1.29 is 14.0 Å². The third-order valence-corrected chi connectivity index (χ3v) is 7.08. The van der Waals surface area contributed by atoms with Crippen LogP contribution in [0.5, 0.6) is 5.75 Å². The second-order valence-corrected chi connectivity index (χ2v) is 9.58. The molecule has 33 heavy (non-hydrogen) atoms. The van der Waals surface area contributed by atoms with E-state index >= 15 is 0 Å². The van der Waals surface area contributed by atoms with Gasteiger partial charge >= 0.3 is 0 Å². The van der Waals surface area contributed by atoms with E-state index in [4.69, 9.17) is 31.3 Å². The quantitative estimate of drug-likeness (QED) is 0.558. The van der Waals surface area contributed by atoms with Crippen molar-refractivity contribution in [3.05, 3.63) is 58.5 Å². The van der Waals surface area contributed by atoms with E-state index in [2.05, 4.69) is 26.0 Å². The lowest BCUT2D eigenvalue weighted by Gasteiger charge is -2.26. The summed E-state index contributed by atoms with van der Waals surface area (Å²) in [4.78, 5) is 0. The SMILES string of the molecule is Cn1c(COc2cccc(Cl)c2)nnc1[C@H]1CC[C@H](c2cc([C@@H]3CC[C@@H](N)CO3)on2)CC1. The van der Waals surface area contributed by atoms with Crippen LogP contribution < -0.4 is 10.5 Å². The van der Waals surface area contributed by atoms with Crippen LogP contribution in [0.25, 0.3) is 0 Å². The van der Waals surface area contributed by atoms with Crippen LogP contribution >= 0.6 is 11.6 Å². The van der Waals surface area contributed by atoms with Crippen LogP contribution in [0, 0.1) is 0 Å². The van der Waals surface area contributed by atoms with Crippen molar-refractivity contribution in [1.29, 1.82) is 0 Å². The average Bonchev–Trinajstić information content (AvgIpc) is 3.46. The molecule has 2 aromatic heterocycles. The van der Waals surface area contributed by atoms with E-state index in [-0.39, 0.29) is 12.1 Å². The Bertz CT molecular complexity index is 1070. The van der Waals surface area contributed by atoms with Crippen LogP contribution in [-0.2, 0) is 18.4 Å². The highest BCUT2D eigenvalue weighted by Crippen LogP contribution is 2.40. The minimum atomic E-state index is -0.0198.